The summed E-state index contributed by atoms with van der Waals surface area (Å²) in [6, 6.07) is 16.2. The molecule has 2 aliphatic heterocycles. The predicted molar refractivity (Wildman–Crippen MR) is 160 cm³/mol. The number of nitrogens with zero attached hydrogens (tertiary/aromatic N) is 2. The van der Waals surface area contributed by atoms with Crippen LogP contribution in [0.25, 0.3) is 10.9 Å². The summed E-state index contributed by atoms with van der Waals surface area (Å²) in [5.74, 6) is -0.589. The Hall–Kier alpha value is -5.06. The lowest BCUT2D eigenvalue weighted by atomic mass is 10.00. The zero-order valence-electron chi connectivity index (χ0n) is 24.5. The highest BCUT2D eigenvalue weighted by Crippen LogP contribution is 2.29. The molecule has 0 aliphatic carbocycles. The van der Waals surface area contributed by atoms with Gasteiger partial charge in [0.05, 0.1) is 19.6 Å². The standard InChI is InChI=1S/C33H33FN4O6/c1-37-17-22(25-5-3-4-6-27(25)37)14-32(40)38-10-9-28-26(18-38)36-31(39)19-43-30-13-21(7-8-29(30)42-2)33(41)35-16-20-11-23(34)15-24(12-20)44-28/h3-8,11-13,15,17,26,28H,9-10,14,16,18-19H2,1-2H3,(H,35,41)(H,36,39)/t26-,28+/m1/s1. The Balaban J connectivity index is 1.26. The van der Waals surface area contributed by atoms with Crippen molar-refractivity contribution in [3.05, 3.63) is 89.4 Å². The van der Waals surface area contributed by atoms with E-state index in [4.69, 9.17) is 14.2 Å². The first kappa shape index (κ1) is 29.0. The molecule has 1 aromatic heterocycles. The molecule has 1 fully saturated rings. The number of nitrogens with one attached hydrogen (secondary N) is 2. The van der Waals surface area contributed by atoms with Crippen molar-refractivity contribution in [3.8, 4) is 17.2 Å². The third-order valence-corrected chi connectivity index (χ3v) is 8.03. The lowest BCUT2D eigenvalue weighted by molar-refractivity contribution is -0.135. The molecule has 0 radical (unpaired) electrons. The second kappa shape index (κ2) is 12.3. The first-order valence-electron chi connectivity index (χ1n) is 14.4. The molecular weight excluding hydrogens is 567 g/mol. The second-order valence-electron chi connectivity index (χ2n) is 11.1. The Bertz CT molecular complexity index is 1740. The normalized spacial score (nSPS) is 18.8. The number of rotatable bonds is 3. The highest BCUT2D eigenvalue weighted by molar-refractivity contribution is 5.95. The van der Waals surface area contributed by atoms with Crippen molar-refractivity contribution in [2.75, 3.05) is 26.8 Å². The van der Waals surface area contributed by atoms with Gasteiger partial charge in [-0.3, -0.25) is 14.4 Å². The molecule has 4 bridgehead atoms. The Morgan fingerprint density at radius 1 is 1.11 bits per heavy atom. The van der Waals surface area contributed by atoms with Crippen molar-refractivity contribution in [2.24, 2.45) is 7.05 Å². The second-order valence-corrected chi connectivity index (χ2v) is 11.1. The van der Waals surface area contributed by atoms with Crippen molar-refractivity contribution in [1.82, 2.24) is 20.1 Å². The third-order valence-electron chi connectivity index (χ3n) is 8.03. The molecule has 228 valence electrons. The molecule has 6 rings (SSSR count). The predicted octanol–water partition coefficient (Wildman–Crippen LogP) is 3.36. The van der Waals surface area contributed by atoms with Gasteiger partial charge >= 0.3 is 0 Å². The van der Waals surface area contributed by atoms with Gasteiger partial charge < -0.3 is 34.3 Å². The summed E-state index contributed by atoms with van der Waals surface area (Å²) >= 11 is 0. The molecule has 3 aromatic carbocycles. The number of fused-ring (bicyclic) bond motifs is 6. The van der Waals surface area contributed by atoms with Crippen molar-refractivity contribution in [2.45, 2.75) is 31.5 Å². The Labute approximate surface area is 253 Å². The third kappa shape index (κ3) is 6.17. The van der Waals surface area contributed by atoms with E-state index >= 15 is 0 Å². The molecule has 3 amide bonds. The first-order valence-corrected chi connectivity index (χ1v) is 14.4. The van der Waals surface area contributed by atoms with E-state index in [1.54, 1.807) is 23.1 Å². The van der Waals surface area contributed by atoms with Crippen LogP contribution >= 0.6 is 0 Å². The molecule has 44 heavy (non-hydrogen) atoms. The van der Waals surface area contributed by atoms with Gasteiger partial charge in [0.1, 0.15) is 17.7 Å². The number of aryl methyl sites for hydroxylation is 1. The Morgan fingerprint density at radius 2 is 1.95 bits per heavy atom. The van der Waals surface area contributed by atoms with Gasteiger partial charge in [-0.1, -0.05) is 18.2 Å². The number of aromatic nitrogens is 1. The Morgan fingerprint density at radius 3 is 2.80 bits per heavy atom. The number of hydrogen-bond donors (Lipinski definition) is 2. The lowest BCUT2D eigenvalue weighted by Crippen LogP contribution is -2.58. The Kier molecular flexibility index (Phi) is 8.10. The van der Waals surface area contributed by atoms with Gasteiger partial charge in [0.25, 0.3) is 11.8 Å². The summed E-state index contributed by atoms with van der Waals surface area (Å²) < 4.78 is 34.0. The number of carbonyl (C=O) groups is 3. The van der Waals surface area contributed by atoms with E-state index in [1.165, 1.54) is 25.3 Å². The minimum absolute atomic E-state index is 0.0659. The van der Waals surface area contributed by atoms with Crippen LogP contribution in [0.15, 0.2) is 66.9 Å². The lowest BCUT2D eigenvalue weighted by Gasteiger charge is -2.39. The number of halogens is 1. The van der Waals surface area contributed by atoms with Crippen LogP contribution in [0.3, 0.4) is 0 Å². The van der Waals surface area contributed by atoms with Crippen molar-refractivity contribution < 1.29 is 33.0 Å². The van der Waals surface area contributed by atoms with Crippen molar-refractivity contribution in [3.63, 3.8) is 0 Å². The average molecular weight is 601 g/mol. The number of amides is 3. The van der Waals surface area contributed by atoms with Crippen molar-refractivity contribution >= 4 is 28.6 Å². The van der Waals surface area contributed by atoms with Crippen LogP contribution in [-0.4, -0.2) is 66.1 Å². The summed E-state index contributed by atoms with van der Waals surface area (Å²) in [5, 5.41) is 6.76. The van der Waals surface area contributed by atoms with Gasteiger partial charge in [0.15, 0.2) is 18.1 Å². The number of methoxy groups -OCH3 is 1. The van der Waals surface area contributed by atoms with Crippen LogP contribution in [0.4, 0.5) is 4.39 Å². The minimum atomic E-state index is -0.594. The summed E-state index contributed by atoms with van der Waals surface area (Å²) in [6.07, 6.45) is 2.05. The van der Waals surface area contributed by atoms with Crippen LogP contribution in [-0.2, 0) is 29.6 Å². The molecule has 0 unspecified atom stereocenters. The quantitative estimate of drug-likeness (QED) is 0.373. The van der Waals surface area contributed by atoms with Crippen LogP contribution in [0.2, 0.25) is 0 Å². The highest BCUT2D eigenvalue weighted by atomic mass is 19.1. The zero-order valence-corrected chi connectivity index (χ0v) is 24.5. The van der Waals surface area contributed by atoms with Crippen LogP contribution in [0.1, 0.15) is 27.9 Å². The monoisotopic (exact) mass is 600 g/mol. The maximum atomic E-state index is 14.6. The van der Waals surface area contributed by atoms with Gasteiger partial charge in [0, 0.05) is 61.8 Å². The van der Waals surface area contributed by atoms with E-state index in [1.807, 2.05) is 42.1 Å². The number of ether oxygens (including phenoxy) is 3. The maximum absolute atomic E-state index is 14.6. The summed E-state index contributed by atoms with van der Waals surface area (Å²) in [5.41, 5.74) is 2.77. The number of piperidine rings is 1. The summed E-state index contributed by atoms with van der Waals surface area (Å²) in [6.45, 7) is 0.311. The van der Waals surface area contributed by atoms with Crippen molar-refractivity contribution in [1.29, 1.82) is 0 Å². The number of likely N-dealkylation sites (tertiary alicyclic amines) is 1. The van der Waals surface area contributed by atoms with E-state index < -0.39 is 29.8 Å². The summed E-state index contributed by atoms with van der Waals surface area (Å²) in [7, 11) is 3.41. The van der Waals surface area contributed by atoms with Crippen LogP contribution in [0.5, 0.6) is 17.2 Å². The summed E-state index contributed by atoms with van der Waals surface area (Å²) in [4.78, 5) is 41.2. The number of carbonyl (C=O) groups excluding carboxylic acids is 3. The van der Waals surface area contributed by atoms with E-state index in [2.05, 4.69) is 10.6 Å². The number of hydrogen-bond acceptors (Lipinski definition) is 6. The molecule has 0 saturated carbocycles. The van der Waals surface area contributed by atoms with E-state index in [0.717, 1.165) is 16.5 Å². The van der Waals surface area contributed by atoms with Gasteiger partial charge in [-0.2, -0.15) is 0 Å². The topological polar surface area (TPSA) is 111 Å². The number of para-hydroxylation sites is 1. The fourth-order valence-corrected chi connectivity index (χ4v) is 5.85. The molecule has 11 heteroatoms. The number of benzene rings is 3. The molecule has 2 N–H and O–H groups in total. The smallest absolute Gasteiger partial charge is 0.258 e. The van der Waals surface area contributed by atoms with Gasteiger partial charge in [-0.05, 0) is 47.5 Å². The first-order chi connectivity index (χ1) is 21.3. The molecule has 10 nitrogen and oxygen atoms in total. The fourth-order valence-electron chi connectivity index (χ4n) is 5.85. The highest BCUT2D eigenvalue weighted by Gasteiger charge is 2.34. The largest absolute Gasteiger partial charge is 0.493 e. The molecule has 3 heterocycles. The molecule has 0 spiro atoms. The molecule has 2 aliphatic rings. The molecular formula is C33H33FN4O6. The van der Waals surface area contributed by atoms with E-state index in [9.17, 15) is 18.8 Å². The minimum Gasteiger partial charge on any atom is -0.493 e. The van der Waals surface area contributed by atoms with E-state index in [0.29, 0.717) is 24.3 Å². The van der Waals surface area contributed by atoms with Gasteiger partial charge in [0.2, 0.25) is 5.91 Å². The van der Waals surface area contributed by atoms with E-state index in [-0.39, 0.29) is 49.1 Å². The van der Waals surface area contributed by atoms with Gasteiger partial charge in [-0.15, -0.1) is 0 Å². The molecule has 1 saturated heterocycles. The average Bonchev–Trinajstić information content (AvgIpc) is 3.33. The SMILES string of the molecule is COc1ccc2cc1OCC(=O)N[C@@H]1CN(C(=O)Cc3cn(C)c4ccccc34)CC[C@@H]1Oc1cc(F)cc(c1)CNC2=O. The maximum Gasteiger partial charge on any atom is 0.258 e. The van der Waals surface area contributed by atoms with Crippen LogP contribution < -0.4 is 24.8 Å². The molecule has 4 aromatic rings. The van der Waals surface area contributed by atoms with Crippen LogP contribution in [0, 0.1) is 5.82 Å². The molecule has 2 atom stereocenters. The van der Waals surface area contributed by atoms with Gasteiger partial charge in [-0.25, -0.2) is 4.39 Å². The zero-order chi connectivity index (χ0) is 30.8. The fraction of sp³-hybridized carbons (Fsp3) is 0.303.